The molecule has 0 fully saturated rings. The van der Waals surface area contributed by atoms with E-state index in [0.29, 0.717) is 6.61 Å². The summed E-state index contributed by atoms with van der Waals surface area (Å²) in [6, 6.07) is 17.0. The summed E-state index contributed by atoms with van der Waals surface area (Å²) in [5.41, 5.74) is 4.19. The van der Waals surface area contributed by atoms with Gasteiger partial charge in [-0.15, -0.1) is 12.4 Å². The lowest BCUT2D eigenvalue weighted by Gasteiger charge is -2.27. The molecule has 3 rings (SSSR count). The van der Waals surface area contributed by atoms with Crippen LogP contribution in [0.4, 0.5) is 0 Å². The smallest absolute Gasteiger partial charge is 0.120 e. The van der Waals surface area contributed by atoms with Gasteiger partial charge in [-0.05, 0) is 68.1 Å². The number of hydrogen-bond acceptors (Lipinski definition) is 2. The highest BCUT2D eigenvalue weighted by atomic mass is 35.5. The maximum atomic E-state index is 5.94. The van der Waals surface area contributed by atoms with Crippen LogP contribution in [0.2, 0.25) is 0 Å². The van der Waals surface area contributed by atoms with E-state index in [0.717, 1.165) is 11.7 Å². The maximum absolute atomic E-state index is 5.94. The Morgan fingerprint density at radius 2 is 1.83 bits per heavy atom. The van der Waals surface area contributed by atoms with Crippen LogP contribution in [0.15, 0.2) is 48.5 Å². The average molecular weight is 332 g/mol. The summed E-state index contributed by atoms with van der Waals surface area (Å²) >= 11 is 0. The van der Waals surface area contributed by atoms with Gasteiger partial charge in [0.15, 0.2) is 0 Å². The highest BCUT2D eigenvalue weighted by Gasteiger charge is 2.19. The lowest BCUT2D eigenvalue weighted by molar-refractivity contribution is 0.297. The summed E-state index contributed by atoms with van der Waals surface area (Å²) in [6.45, 7) is 1.83. The number of halogens is 1. The van der Waals surface area contributed by atoms with Gasteiger partial charge in [-0.1, -0.05) is 36.4 Å². The van der Waals surface area contributed by atoms with E-state index in [2.05, 4.69) is 61.5 Å². The second-order valence-electron chi connectivity index (χ2n) is 6.58. The van der Waals surface area contributed by atoms with Crippen molar-refractivity contribution in [3.05, 3.63) is 65.2 Å². The molecule has 1 unspecified atom stereocenters. The minimum absolute atomic E-state index is 0. The fourth-order valence-electron chi connectivity index (χ4n) is 3.31. The molecule has 0 N–H and O–H groups in total. The minimum Gasteiger partial charge on any atom is -0.489 e. The van der Waals surface area contributed by atoms with Crippen LogP contribution in [0.3, 0.4) is 0 Å². The van der Waals surface area contributed by atoms with Gasteiger partial charge in [0.25, 0.3) is 0 Å². The molecule has 2 nitrogen and oxygen atoms in total. The molecule has 0 aromatic heterocycles. The number of aryl methyl sites for hydroxylation is 1. The molecule has 0 heterocycles. The minimum atomic E-state index is 0. The average Bonchev–Trinajstić information content (AvgIpc) is 2.53. The largest absolute Gasteiger partial charge is 0.489 e. The van der Waals surface area contributed by atoms with Crippen molar-refractivity contribution < 1.29 is 4.74 Å². The second-order valence-corrected chi connectivity index (χ2v) is 6.58. The number of benzene rings is 2. The van der Waals surface area contributed by atoms with Crippen molar-refractivity contribution in [2.45, 2.75) is 25.9 Å². The van der Waals surface area contributed by atoms with Crippen molar-refractivity contribution in [2.75, 3.05) is 20.6 Å². The van der Waals surface area contributed by atoms with Crippen molar-refractivity contribution in [3.8, 4) is 5.75 Å². The molecule has 0 amide bonds. The first-order valence-corrected chi connectivity index (χ1v) is 8.14. The Hall–Kier alpha value is -1.51. The molecule has 0 saturated carbocycles. The van der Waals surface area contributed by atoms with Crippen LogP contribution in [-0.4, -0.2) is 25.5 Å². The zero-order chi connectivity index (χ0) is 15.4. The topological polar surface area (TPSA) is 12.5 Å². The molecule has 3 heteroatoms. The second kappa shape index (κ2) is 8.37. The van der Waals surface area contributed by atoms with E-state index in [-0.39, 0.29) is 12.4 Å². The van der Waals surface area contributed by atoms with Gasteiger partial charge in [-0.2, -0.15) is 0 Å². The summed E-state index contributed by atoms with van der Waals surface area (Å²) in [6.07, 6.45) is 3.66. The summed E-state index contributed by atoms with van der Waals surface area (Å²) in [5.74, 6) is 1.78. The summed E-state index contributed by atoms with van der Waals surface area (Å²) in [5, 5.41) is 0. The van der Waals surface area contributed by atoms with Gasteiger partial charge < -0.3 is 9.64 Å². The van der Waals surface area contributed by atoms with Gasteiger partial charge in [-0.25, -0.2) is 0 Å². The quantitative estimate of drug-likeness (QED) is 0.807. The number of nitrogens with zero attached hydrogens (tertiary/aromatic N) is 1. The van der Waals surface area contributed by atoms with Crippen LogP contribution in [0.25, 0.3) is 0 Å². The molecule has 23 heavy (non-hydrogen) atoms. The highest BCUT2D eigenvalue weighted by Crippen LogP contribution is 2.29. The van der Waals surface area contributed by atoms with Crippen molar-refractivity contribution in [3.63, 3.8) is 0 Å². The van der Waals surface area contributed by atoms with Crippen LogP contribution in [-0.2, 0) is 19.4 Å². The molecule has 0 bridgehead atoms. The fourth-order valence-corrected chi connectivity index (χ4v) is 3.31. The normalized spacial score (nSPS) is 16.6. The molecule has 1 atom stereocenters. The molecule has 1 aliphatic carbocycles. The predicted molar refractivity (Wildman–Crippen MR) is 98.5 cm³/mol. The molecular weight excluding hydrogens is 306 g/mol. The molecule has 0 saturated heterocycles. The molecule has 0 aliphatic heterocycles. The monoisotopic (exact) mass is 331 g/mol. The predicted octanol–water partition coefficient (Wildman–Crippen LogP) is 4.35. The third-order valence-electron chi connectivity index (χ3n) is 4.38. The lowest BCUT2D eigenvalue weighted by atomic mass is 9.83. The molecule has 1 aliphatic rings. The summed E-state index contributed by atoms with van der Waals surface area (Å²) in [4.78, 5) is 2.30. The van der Waals surface area contributed by atoms with Crippen molar-refractivity contribution >= 4 is 12.4 Å². The van der Waals surface area contributed by atoms with Crippen molar-refractivity contribution in [1.82, 2.24) is 4.90 Å². The Kier molecular flexibility index (Phi) is 6.49. The molecular formula is C20H26ClNO. The molecule has 2 aromatic carbocycles. The van der Waals surface area contributed by atoms with Crippen molar-refractivity contribution in [2.24, 2.45) is 5.92 Å². The maximum Gasteiger partial charge on any atom is 0.120 e. The first kappa shape index (κ1) is 17.8. The summed E-state index contributed by atoms with van der Waals surface area (Å²) < 4.78 is 5.94. The first-order valence-electron chi connectivity index (χ1n) is 8.14. The van der Waals surface area contributed by atoms with E-state index in [1.54, 1.807) is 0 Å². The van der Waals surface area contributed by atoms with E-state index < -0.39 is 0 Å². The highest BCUT2D eigenvalue weighted by molar-refractivity contribution is 5.85. The van der Waals surface area contributed by atoms with Gasteiger partial charge >= 0.3 is 0 Å². The molecule has 124 valence electrons. The van der Waals surface area contributed by atoms with Crippen LogP contribution in [0.1, 0.15) is 23.1 Å². The van der Waals surface area contributed by atoms with Gasteiger partial charge in [0.05, 0.1) is 0 Å². The standard InChI is InChI=1S/C20H25NO.ClH/c1-21(2)14-17-8-9-19-13-20(11-10-18(19)12-17)22-15-16-6-4-3-5-7-16;/h3-7,10-11,13,17H,8-9,12,14-15H2,1-2H3;1H. The molecule has 0 radical (unpaired) electrons. The van der Waals surface area contributed by atoms with Gasteiger partial charge in [0.1, 0.15) is 12.4 Å². The number of fused-ring (bicyclic) bond motifs is 1. The molecule has 0 spiro atoms. The van der Waals surface area contributed by atoms with Crippen LogP contribution in [0, 0.1) is 5.92 Å². The van der Waals surface area contributed by atoms with Crippen LogP contribution < -0.4 is 4.74 Å². The van der Waals surface area contributed by atoms with E-state index >= 15 is 0 Å². The molecule has 2 aromatic rings. The van der Waals surface area contributed by atoms with E-state index in [9.17, 15) is 0 Å². The third-order valence-corrected chi connectivity index (χ3v) is 4.38. The zero-order valence-electron chi connectivity index (χ0n) is 14.0. The van der Waals surface area contributed by atoms with E-state index in [1.165, 1.54) is 42.5 Å². The Bertz CT molecular complexity index is 612. The van der Waals surface area contributed by atoms with E-state index in [1.807, 2.05) is 6.07 Å². The number of hydrogen-bond donors (Lipinski definition) is 0. The van der Waals surface area contributed by atoms with Gasteiger partial charge in [0, 0.05) is 6.54 Å². The van der Waals surface area contributed by atoms with Crippen LogP contribution >= 0.6 is 12.4 Å². The lowest BCUT2D eigenvalue weighted by Crippen LogP contribution is -2.26. The van der Waals surface area contributed by atoms with Crippen molar-refractivity contribution in [1.29, 1.82) is 0 Å². The Morgan fingerprint density at radius 1 is 1.04 bits per heavy atom. The summed E-state index contributed by atoms with van der Waals surface area (Å²) in [7, 11) is 4.33. The van der Waals surface area contributed by atoms with E-state index in [4.69, 9.17) is 4.74 Å². The number of ether oxygens (including phenoxy) is 1. The zero-order valence-corrected chi connectivity index (χ0v) is 14.8. The SMILES string of the molecule is CN(C)CC1CCc2cc(OCc3ccccc3)ccc2C1.Cl. The number of rotatable bonds is 5. The first-order chi connectivity index (χ1) is 10.7. The van der Waals surface area contributed by atoms with Gasteiger partial charge in [-0.3, -0.25) is 0 Å². The fraction of sp³-hybridized carbons (Fsp3) is 0.400. The Balaban J connectivity index is 0.00000192. The Labute approximate surface area is 145 Å². The van der Waals surface area contributed by atoms with Crippen LogP contribution in [0.5, 0.6) is 5.75 Å². The Morgan fingerprint density at radius 3 is 2.57 bits per heavy atom. The third kappa shape index (κ3) is 4.98. The van der Waals surface area contributed by atoms with Gasteiger partial charge in [0.2, 0.25) is 0 Å².